The molecule has 0 amide bonds. The van der Waals surface area contributed by atoms with E-state index in [0.29, 0.717) is 12.1 Å². The van der Waals surface area contributed by atoms with Crippen molar-refractivity contribution in [1.82, 2.24) is 0 Å². The van der Waals surface area contributed by atoms with E-state index in [-0.39, 0.29) is 11.1 Å². The Labute approximate surface area is 101 Å². The number of nitrogens with zero attached hydrogens (tertiary/aromatic N) is 1. The minimum Gasteiger partial charge on any atom is -0.326 e. The molecule has 0 aliphatic heterocycles. The molecule has 0 unspecified atom stereocenters. The van der Waals surface area contributed by atoms with E-state index < -0.39 is 4.92 Å². The Morgan fingerprint density at radius 3 is 2.53 bits per heavy atom. The van der Waals surface area contributed by atoms with Gasteiger partial charge in [-0.25, -0.2) is 0 Å². The van der Waals surface area contributed by atoms with Crippen LogP contribution in [0.15, 0.2) is 18.2 Å². The lowest BCUT2D eigenvalue weighted by molar-refractivity contribution is -0.384. The Kier molecular flexibility index (Phi) is 3.87. The average Bonchev–Trinajstić information content (AvgIpc) is 2.24. The zero-order valence-corrected chi connectivity index (χ0v) is 10.3. The van der Waals surface area contributed by atoms with Gasteiger partial charge in [0.05, 0.1) is 4.92 Å². The normalized spacial score (nSPS) is 10.6. The van der Waals surface area contributed by atoms with Crippen LogP contribution in [0.5, 0.6) is 0 Å². The highest BCUT2D eigenvalue weighted by atomic mass is 16.6. The topological polar surface area (TPSA) is 69.2 Å². The van der Waals surface area contributed by atoms with Crippen molar-refractivity contribution in [2.75, 3.05) is 0 Å². The molecule has 1 aromatic rings. The highest BCUT2D eigenvalue weighted by Crippen LogP contribution is 2.18. The summed E-state index contributed by atoms with van der Waals surface area (Å²) in [5, 5.41) is 10.7. The molecule has 0 aromatic heterocycles. The van der Waals surface area contributed by atoms with Crippen LogP contribution in [0.4, 0.5) is 5.69 Å². The number of benzene rings is 1. The van der Waals surface area contributed by atoms with Crippen LogP contribution in [0.25, 0.3) is 0 Å². The molecule has 0 spiro atoms. The summed E-state index contributed by atoms with van der Waals surface area (Å²) in [6.45, 7) is 6.28. The van der Waals surface area contributed by atoms with Gasteiger partial charge < -0.3 is 5.73 Å². The van der Waals surface area contributed by atoms with Crippen molar-refractivity contribution in [2.24, 2.45) is 11.1 Å². The molecule has 90 valence electrons. The van der Waals surface area contributed by atoms with Crippen LogP contribution in [0.3, 0.4) is 0 Å². The Balaban J connectivity index is 3.23. The number of non-ortho nitro benzene ring substituents is 1. The molecule has 0 aliphatic carbocycles. The number of nitro groups is 1. The van der Waals surface area contributed by atoms with Crippen molar-refractivity contribution in [3.8, 4) is 11.8 Å². The van der Waals surface area contributed by atoms with E-state index in [4.69, 9.17) is 5.73 Å². The van der Waals surface area contributed by atoms with Crippen LogP contribution < -0.4 is 5.73 Å². The predicted molar refractivity (Wildman–Crippen MR) is 67.3 cm³/mol. The summed E-state index contributed by atoms with van der Waals surface area (Å²) >= 11 is 0. The van der Waals surface area contributed by atoms with Crippen LogP contribution >= 0.6 is 0 Å². The van der Waals surface area contributed by atoms with E-state index in [1.54, 1.807) is 6.07 Å². The number of hydrogen-bond acceptors (Lipinski definition) is 3. The molecule has 0 radical (unpaired) electrons. The molecule has 1 rings (SSSR count). The fourth-order valence-electron chi connectivity index (χ4n) is 1.23. The van der Waals surface area contributed by atoms with Crippen LogP contribution in [0.1, 0.15) is 31.9 Å². The quantitative estimate of drug-likeness (QED) is 0.483. The molecule has 0 atom stereocenters. The highest BCUT2D eigenvalue weighted by Gasteiger charge is 2.09. The summed E-state index contributed by atoms with van der Waals surface area (Å²) < 4.78 is 0. The lowest BCUT2D eigenvalue weighted by Crippen LogP contribution is -2.02. The first-order valence-electron chi connectivity index (χ1n) is 5.34. The Bertz CT molecular complexity index is 490. The summed E-state index contributed by atoms with van der Waals surface area (Å²) in [7, 11) is 0. The molecule has 0 fully saturated rings. The van der Waals surface area contributed by atoms with Crippen LogP contribution in [-0.4, -0.2) is 4.92 Å². The van der Waals surface area contributed by atoms with Crippen LogP contribution in [0, 0.1) is 27.4 Å². The first-order valence-corrected chi connectivity index (χ1v) is 5.34. The van der Waals surface area contributed by atoms with Gasteiger partial charge in [-0.1, -0.05) is 11.8 Å². The molecule has 0 bridgehead atoms. The zero-order chi connectivity index (χ0) is 13.1. The number of nitro benzene ring substituents is 1. The van der Waals surface area contributed by atoms with E-state index >= 15 is 0 Å². The van der Waals surface area contributed by atoms with Crippen molar-refractivity contribution in [3.63, 3.8) is 0 Å². The van der Waals surface area contributed by atoms with Gasteiger partial charge in [0.2, 0.25) is 0 Å². The first-order chi connectivity index (χ1) is 7.83. The minimum atomic E-state index is -0.428. The molecule has 2 N–H and O–H groups in total. The molecule has 17 heavy (non-hydrogen) atoms. The fraction of sp³-hybridized carbons (Fsp3) is 0.385. The summed E-state index contributed by atoms with van der Waals surface area (Å²) in [6, 6.07) is 4.58. The minimum absolute atomic E-state index is 0.0420. The third-order valence-electron chi connectivity index (χ3n) is 2.10. The molecule has 1 aromatic carbocycles. The third kappa shape index (κ3) is 3.89. The maximum absolute atomic E-state index is 10.7. The van der Waals surface area contributed by atoms with E-state index in [9.17, 15) is 10.1 Å². The molecule has 4 heteroatoms. The van der Waals surface area contributed by atoms with Gasteiger partial charge in [-0.3, -0.25) is 10.1 Å². The largest absolute Gasteiger partial charge is 0.326 e. The van der Waals surface area contributed by atoms with Crippen LogP contribution in [-0.2, 0) is 6.54 Å². The lowest BCUT2D eigenvalue weighted by atomic mass is 9.96. The van der Waals surface area contributed by atoms with Crippen LogP contribution in [0.2, 0.25) is 0 Å². The standard InChI is InChI=1S/C13H16N2O2/c1-13(2,3)7-6-10-8-12(15(16)17)5-4-11(10)9-14/h4-5,8H,9,14H2,1-3H3. The fourth-order valence-corrected chi connectivity index (χ4v) is 1.23. The second-order valence-corrected chi connectivity index (χ2v) is 4.80. The van der Waals surface area contributed by atoms with Crippen molar-refractivity contribution >= 4 is 5.69 Å². The van der Waals surface area contributed by atoms with Crippen molar-refractivity contribution in [1.29, 1.82) is 0 Å². The molecule has 4 nitrogen and oxygen atoms in total. The van der Waals surface area contributed by atoms with Gasteiger partial charge in [-0.2, -0.15) is 0 Å². The average molecular weight is 232 g/mol. The monoisotopic (exact) mass is 232 g/mol. The molecular weight excluding hydrogens is 216 g/mol. The second kappa shape index (κ2) is 4.98. The first kappa shape index (κ1) is 13.2. The molecular formula is C13H16N2O2. The van der Waals surface area contributed by atoms with E-state index in [2.05, 4.69) is 11.8 Å². The van der Waals surface area contributed by atoms with Gasteiger partial charge in [-0.15, -0.1) is 0 Å². The third-order valence-corrected chi connectivity index (χ3v) is 2.10. The smallest absolute Gasteiger partial charge is 0.270 e. The second-order valence-electron chi connectivity index (χ2n) is 4.80. The van der Waals surface area contributed by atoms with Gasteiger partial charge in [-0.05, 0) is 32.4 Å². The zero-order valence-electron chi connectivity index (χ0n) is 10.3. The summed E-state index contributed by atoms with van der Waals surface area (Å²) in [4.78, 5) is 10.3. The lowest BCUT2D eigenvalue weighted by Gasteiger charge is -2.07. The molecule has 0 aliphatic rings. The van der Waals surface area contributed by atoms with Gasteiger partial charge in [0.1, 0.15) is 0 Å². The molecule has 0 saturated carbocycles. The van der Waals surface area contributed by atoms with Gasteiger partial charge >= 0.3 is 0 Å². The van der Waals surface area contributed by atoms with Gasteiger partial charge in [0.25, 0.3) is 5.69 Å². The SMILES string of the molecule is CC(C)(C)C#Cc1cc([N+](=O)[O-])ccc1CN. The number of hydrogen-bond donors (Lipinski definition) is 1. The van der Waals surface area contributed by atoms with Crippen molar-refractivity contribution < 1.29 is 4.92 Å². The van der Waals surface area contributed by atoms with E-state index in [1.165, 1.54) is 12.1 Å². The molecule has 0 heterocycles. The maximum atomic E-state index is 10.7. The van der Waals surface area contributed by atoms with E-state index in [1.807, 2.05) is 20.8 Å². The van der Waals surface area contributed by atoms with Crippen molar-refractivity contribution in [3.05, 3.63) is 39.4 Å². The summed E-state index contributed by atoms with van der Waals surface area (Å²) in [5.41, 5.74) is 6.94. The Hall–Kier alpha value is -1.86. The van der Waals surface area contributed by atoms with Gasteiger partial charge in [0.15, 0.2) is 0 Å². The Morgan fingerprint density at radius 1 is 1.41 bits per heavy atom. The summed E-state index contributed by atoms with van der Waals surface area (Å²) in [6.07, 6.45) is 0. The Morgan fingerprint density at radius 2 is 2.06 bits per heavy atom. The maximum Gasteiger partial charge on any atom is 0.270 e. The number of nitrogens with two attached hydrogens (primary N) is 1. The van der Waals surface area contributed by atoms with Gasteiger partial charge in [0, 0.05) is 29.7 Å². The predicted octanol–water partition coefficient (Wildman–Crippen LogP) is 2.45. The van der Waals surface area contributed by atoms with E-state index in [0.717, 1.165) is 5.56 Å². The molecule has 0 saturated heterocycles. The highest BCUT2D eigenvalue weighted by molar-refractivity contribution is 5.49. The number of rotatable bonds is 2. The van der Waals surface area contributed by atoms with Crippen molar-refractivity contribution in [2.45, 2.75) is 27.3 Å². The summed E-state index contributed by atoms with van der Waals surface area (Å²) in [5.74, 6) is 6.02.